The van der Waals surface area contributed by atoms with Gasteiger partial charge in [-0.1, -0.05) is 25.3 Å². The van der Waals surface area contributed by atoms with Gasteiger partial charge in [-0.3, -0.25) is 0 Å². The van der Waals surface area contributed by atoms with E-state index in [9.17, 15) is 4.79 Å². The number of carboxylic acid groups (broad SMARTS) is 1. The molecule has 0 heterocycles. The number of unbranched alkanes of at least 4 members (excludes halogenated alkanes) is 5. The molecule has 0 aliphatic rings. The molecular formula is C16H22O3. The number of ether oxygens (including phenoxy) is 1. The fourth-order valence-electron chi connectivity index (χ4n) is 1.80. The minimum absolute atomic E-state index is 0.287. The number of hydrogen-bond donors (Lipinski definition) is 1. The average Bonchev–Trinajstić information content (AvgIpc) is 2.42. The number of carbonyl (C=O) groups is 1. The molecule has 0 amide bonds. The zero-order valence-electron chi connectivity index (χ0n) is 11.3. The fourth-order valence-corrected chi connectivity index (χ4v) is 1.80. The Morgan fingerprint density at radius 1 is 1.11 bits per heavy atom. The molecule has 0 saturated carbocycles. The van der Waals surface area contributed by atoms with Crippen molar-refractivity contribution in [2.24, 2.45) is 0 Å². The van der Waals surface area contributed by atoms with Crippen molar-refractivity contribution in [1.82, 2.24) is 0 Å². The maximum absolute atomic E-state index is 10.7. The molecule has 0 spiro atoms. The lowest BCUT2D eigenvalue weighted by Gasteiger charge is -2.06. The van der Waals surface area contributed by atoms with Crippen LogP contribution in [0.1, 0.15) is 48.9 Å². The van der Waals surface area contributed by atoms with E-state index in [1.54, 1.807) is 24.3 Å². The highest BCUT2D eigenvalue weighted by molar-refractivity contribution is 5.87. The molecule has 3 nitrogen and oxygen atoms in total. The first-order valence-corrected chi connectivity index (χ1v) is 6.81. The number of rotatable bonds is 10. The molecule has 1 aromatic carbocycles. The highest BCUT2D eigenvalue weighted by Gasteiger charge is 2.01. The van der Waals surface area contributed by atoms with Crippen LogP contribution in [0, 0.1) is 0 Å². The number of carboxylic acids is 1. The lowest BCUT2D eigenvalue weighted by atomic mass is 10.1. The monoisotopic (exact) mass is 262 g/mol. The van der Waals surface area contributed by atoms with E-state index in [2.05, 4.69) is 6.58 Å². The minimum Gasteiger partial charge on any atom is -0.494 e. The van der Waals surface area contributed by atoms with Gasteiger partial charge in [0.25, 0.3) is 0 Å². The molecule has 0 aliphatic carbocycles. The number of hydrogen-bond acceptors (Lipinski definition) is 2. The van der Waals surface area contributed by atoms with Crippen molar-refractivity contribution in [3.63, 3.8) is 0 Å². The van der Waals surface area contributed by atoms with Crippen molar-refractivity contribution < 1.29 is 14.6 Å². The second-order valence-corrected chi connectivity index (χ2v) is 4.52. The number of allylic oxidation sites excluding steroid dienone is 1. The van der Waals surface area contributed by atoms with Gasteiger partial charge in [0.1, 0.15) is 5.75 Å². The van der Waals surface area contributed by atoms with Crippen LogP contribution < -0.4 is 4.74 Å². The summed E-state index contributed by atoms with van der Waals surface area (Å²) >= 11 is 0. The Labute approximate surface area is 114 Å². The molecule has 104 valence electrons. The summed E-state index contributed by atoms with van der Waals surface area (Å²) in [6.45, 7) is 4.39. The topological polar surface area (TPSA) is 46.5 Å². The van der Waals surface area contributed by atoms with Crippen LogP contribution in [0.2, 0.25) is 0 Å². The van der Waals surface area contributed by atoms with E-state index in [0.717, 1.165) is 18.6 Å². The Morgan fingerprint density at radius 2 is 1.74 bits per heavy atom. The molecule has 0 unspecified atom stereocenters. The summed E-state index contributed by atoms with van der Waals surface area (Å²) < 4.78 is 5.56. The molecule has 0 aliphatic heterocycles. The van der Waals surface area contributed by atoms with Crippen LogP contribution in [0.15, 0.2) is 36.9 Å². The molecule has 0 aromatic heterocycles. The lowest BCUT2D eigenvalue weighted by Crippen LogP contribution is -1.99. The van der Waals surface area contributed by atoms with Crippen LogP contribution in [-0.4, -0.2) is 17.7 Å². The Bertz CT molecular complexity index is 381. The van der Waals surface area contributed by atoms with E-state index >= 15 is 0 Å². The van der Waals surface area contributed by atoms with Crippen LogP contribution >= 0.6 is 0 Å². The molecule has 3 heteroatoms. The Balaban J connectivity index is 2.09. The predicted octanol–water partition coefficient (Wildman–Crippen LogP) is 4.29. The summed E-state index contributed by atoms with van der Waals surface area (Å²) in [5.74, 6) is -0.178. The summed E-state index contributed by atoms with van der Waals surface area (Å²) in [5.41, 5.74) is 0.287. The summed E-state index contributed by atoms with van der Waals surface area (Å²) in [5, 5.41) is 8.76. The Morgan fingerprint density at radius 3 is 2.37 bits per heavy atom. The summed E-state index contributed by atoms with van der Waals surface area (Å²) in [6.07, 6.45) is 8.98. The van der Waals surface area contributed by atoms with Crippen molar-refractivity contribution in [3.05, 3.63) is 42.5 Å². The van der Waals surface area contributed by atoms with Crippen LogP contribution in [0.4, 0.5) is 0 Å². The first kappa shape index (κ1) is 15.3. The molecule has 1 N–H and O–H groups in total. The highest BCUT2D eigenvalue weighted by Crippen LogP contribution is 2.13. The van der Waals surface area contributed by atoms with Gasteiger partial charge in [0.2, 0.25) is 0 Å². The summed E-state index contributed by atoms with van der Waals surface area (Å²) in [6, 6.07) is 6.53. The van der Waals surface area contributed by atoms with Crippen LogP contribution in [0.25, 0.3) is 0 Å². The quantitative estimate of drug-likeness (QED) is 0.505. The van der Waals surface area contributed by atoms with Crippen molar-refractivity contribution in [1.29, 1.82) is 0 Å². The third kappa shape index (κ3) is 6.65. The van der Waals surface area contributed by atoms with E-state index in [4.69, 9.17) is 9.84 Å². The van der Waals surface area contributed by atoms with E-state index in [-0.39, 0.29) is 5.56 Å². The third-order valence-corrected chi connectivity index (χ3v) is 2.92. The minimum atomic E-state index is -0.911. The van der Waals surface area contributed by atoms with Gasteiger partial charge in [-0.05, 0) is 43.5 Å². The Hall–Kier alpha value is -1.77. The smallest absolute Gasteiger partial charge is 0.335 e. The first-order chi connectivity index (χ1) is 9.24. The number of benzene rings is 1. The molecular weight excluding hydrogens is 240 g/mol. The maximum atomic E-state index is 10.7. The zero-order chi connectivity index (χ0) is 13.9. The van der Waals surface area contributed by atoms with Crippen molar-refractivity contribution in [2.75, 3.05) is 6.61 Å². The van der Waals surface area contributed by atoms with Gasteiger partial charge in [-0.25, -0.2) is 4.79 Å². The van der Waals surface area contributed by atoms with Gasteiger partial charge in [0.05, 0.1) is 12.2 Å². The van der Waals surface area contributed by atoms with Crippen LogP contribution in [0.5, 0.6) is 5.75 Å². The molecule has 1 aromatic rings. The van der Waals surface area contributed by atoms with Gasteiger partial charge in [-0.2, -0.15) is 0 Å². The summed E-state index contributed by atoms with van der Waals surface area (Å²) in [7, 11) is 0. The molecule has 0 fully saturated rings. The van der Waals surface area contributed by atoms with Crippen molar-refractivity contribution >= 4 is 5.97 Å². The molecule has 0 saturated heterocycles. The van der Waals surface area contributed by atoms with Gasteiger partial charge < -0.3 is 9.84 Å². The van der Waals surface area contributed by atoms with E-state index in [1.807, 2.05) is 6.08 Å². The Kier molecular flexibility index (Phi) is 7.40. The molecule has 19 heavy (non-hydrogen) atoms. The normalized spacial score (nSPS) is 10.1. The summed E-state index contributed by atoms with van der Waals surface area (Å²) in [4.78, 5) is 10.7. The standard InChI is InChI=1S/C16H22O3/c1-2-3-4-5-6-7-8-13-19-15-11-9-14(10-12-15)16(17)18/h2,9-12H,1,3-8,13H2,(H,17,18). The SMILES string of the molecule is C=CCCCCCCCOc1ccc(C(=O)O)cc1. The highest BCUT2D eigenvalue weighted by atomic mass is 16.5. The predicted molar refractivity (Wildman–Crippen MR) is 76.8 cm³/mol. The van der Waals surface area contributed by atoms with Crippen molar-refractivity contribution in [3.8, 4) is 5.75 Å². The number of aromatic carboxylic acids is 1. The molecule has 0 radical (unpaired) electrons. The second kappa shape index (κ2) is 9.20. The first-order valence-electron chi connectivity index (χ1n) is 6.81. The molecule has 0 bridgehead atoms. The van der Waals surface area contributed by atoms with Gasteiger partial charge >= 0.3 is 5.97 Å². The largest absolute Gasteiger partial charge is 0.494 e. The maximum Gasteiger partial charge on any atom is 0.335 e. The second-order valence-electron chi connectivity index (χ2n) is 4.52. The van der Waals surface area contributed by atoms with Crippen LogP contribution in [0.3, 0.4) is 0 Å². The zero-order valence-corrected chi connectivity index (χ0v) is 11.3. The average molecular weight is 262 g/mol. The van der Waals surface area contributed by atoms with E-state index in [1.165, 1.54) is 25.7 Å². The van der Waals surface area contributed by atoms with Gasteiger partial charge in [0, 0.05) is 0 Å². The van der Waals surface area contributed by atoms with Crippen LogP contribution in [-0.2, 0) is 0 Å². The molecule has 0 atom stereocenters. The molecule has 1 rings (SSSR count). The van der Waals surface area contributed by atoms with Gasteiger partial charge in [0.15, 0.2) is 0 Å². The van der Waals surface area contributed by atoms with Crippen molar-refractivity contribution in [2.45, 2.75) is 38.5 Å². The fraction of sp³-hybridized carbons (Fsp3) is 0.438. The van der Waals surface area contributed by atoms with E-state index < -0.39 is 5.97 Å². The van der Waals surface area contributed by atoms with Gasteiger partial charge in [-0.15, -0.1) is 6.58 Å². The van der Waals surface area contributed by atoms with E-state index in [0.29, 0.717) is 6.61 Å². The third-order valence-electron chi connectivity index (χ3n) is 2.92. The lowest BCUT2D eigenvalue weighted by molar-refractivity contribution is 0.0697.